The van der Waals surface area contributed by atoms with Gasteiger partial charge in [-0.2, -0.15) is 0 Å². The predicted octanol–water partition coefficient (Wildman–Crippen LogP) is -0.515. The molecular weight excluding hydrogens is 208 g/mol. The number of rotatable bonds is 3. The number of phosphoric acid groups is 1. The molecule has 0 aromatic carbocycles. The molecule has 0 atom stereocenters. The topological polar surface area (TPSA) is 72.4 Å². The average Bonchev–Trinajstić information content (AvgIpc) is 1.59. The Labute approximate surface area is 73.0 Å². The molecule has 0 saturated carbocycles. The molecule has 0 aliphatic carbocycles. The van der Waals surface area contributed by atoms with Crippen molar-refractivity contribution in [2.24, 2.45) is 5.92 Å². The van der Waals surface area contributed by atoms with Crippen molar-refractivity contribution in [3.8, 4) is 0 Å². The average molecular weight is 217 g/mol. The van der Waals surface area contributed by atoms with Gasteiger partial charge in [0.2, 0.25) is 0 Å². The minimum absolute atomic E-state index is 0. The van der Waals surface area contributed by atoms with Crippen LogP contribution in [0.15, 0.2) is 0 Å². The summed E-state index contributed by atoms with van der Waals surface area (Å²) in [6.07, 6.45) is 0. The van der Waals surface area contributed by atoms with Crippen molar-refractivity contribution in [1.82, 2.24) is 0 Å². The molecule has 0 aromatic heterocycles. The Morgan fingerprint density at radius 1 is 1.50 bits per heavy atom. The molecule has 6 heteroatoms. The van der Waals surface area contributed by atoms with Gasteiger partial charge in [0.1, 0.15) is 0 Å². The zero-order chi connectivity index (χ0) is 7.49. The number of hydrogen-bond acceptors (Lipinski definition) is 4. The number of phosphoric ester groups is 1. The first kappa shape index (κ1) is 13.3. The van der Waals surface area contributed by atoms with Gasteiger partial charge in [-0.05, 0) is 5.92 Å². The molecule has 0 heterocycles. The molecule has 0 spiro atoms. The minimum Gasteiger partial charge on any atom is -0.790 e. The van der Waals surface area contributed by atoms with E-state index in [-0.39, 0.29) is 32.0 Å². The Bertz CT molecular complexity index is 120. The van der Waals surface area contributed by atoms with Gasteiger partial charge < -0.3 is 18.9 Å². The maximum atomic E-state index is 9.79. The third-order valence-corrected chi connectivity index (χ3v) is 1.03. The second kappa shape index (κ2) is 5.39. The van der Waals surface area contributed by atoms with Gasteiger partial charge in [0.05, 0.1) is 14.4 Å². The van der Waals surface area contributed by atoms with E-state index in [1.807, 2.05) is 0 Å². The monoisotopic (exact) mass is 216 g/mol. The quantitative estimate of drug-likeness (QED) is 0.471. The standard InChI is InChI=1S/C4H11O4P.Zn/c1-4(2)3-8-9(5,6)7;/h4H,3H2,1-2H3,(H2,5,6,7);/q;+2/p-2. The van der Waals surface area contributed by atoms with E-state index in [4.69, 9.17) is 0 Å². The van der Waals surface area contributed by atoms with Crippen LogP contribution in [0.5, 0.6) is 0 Å². The molecule has 0 bridgehead atoms. The Balaban J connectivity index is 0. The molecular formula is C4H9O4PZn. The SMILES string of the molecule is CC(C)COP(=O)([O-])[O-].[Zn+2]. The second-order valence-corrected chi connectivity index (χ2v) is 3.29. The summed E-state index contributed by atoms with van der Waals surface area (Å²) in [7, 11) is -4.72. The zero-order valence-corrected chi connectivity index (χ0v) is 9.93. The van der Waals surface area contributed by atoms with Crippen LogP contribution in [0.25, 0.3) is 0 Å². The molecule has 4 nitrogen and oxygen atoms in total. The molecule has 0 aliphatic rings. The molecule has 10 heavy (non-hydrogen) atoms. The van der Waals surface area contributed by atoms with E-state index < -0.39 is 7.82 Å². The second-order valence-electron chi connectivity index (χ2n) is 2.14. The van der Waals surface area contributed by atoms with E-state index in [0.717, 1.165) is 0 Å². The van der Waals surface area contributed by atoms with E-state index in [2.05, 4.69) is 4.52 Å². The normalized spacial score (nSPS) is 11.3. The van der Waals surface area contributed by atoms with Crippen molar-refractivity contribution < 1.29 is 38.4 Å². The van der Waals surface area contributed by atoms with Crippen LogP contribution >= 0.6 is 7.82 Å². The summed E-state index contributed by atoms with van der Waals surface area (Å²) < 4.78 is 13.7. The van der Waals surface area contributed by atoms with Crippen LogP contribution in [0.3, 0.4) is 0 Å². The summed E-state index contributed by atoms with van der Waals surface area (Å²) >= 11 is 0. The van der Waals surface area contributed by atoms with Crippen LogP contribution in [0, 0.1) is 5.92 Å². The van der Waals surface area contributed by atoms with E-state index >= 15 is 0 Å². The van der Waals surface area contributed by atoms with Gasteiger partial charge in [-0.25, -0.2) is 0 Å². The van der Waals surface area contributed by atoms with Gasteiger partial charge in [0.25, 0.3) is 0 Å². The van der Waals surface area contributed by atoms with Crippen molar-refractivity contribution in [1.29, 1.82) is 0 Å². The van der Waals surface area contributed by atoms with E-state index in [1.165, 1.54) is 0 Å². The van der Waals surface area contributed by atoms with Crippen LogP contribution < -0.4 is 9.79 Å². The largest absolute Gasteiger partial charge is 2.00 e. The van der Waals surface area contributed by atoms with Crippen LogP contribution in [0.1, 0.15) is 13.8 Å². The van der Waals surface area contributed by atoms with Crippen LogP contribution in [-0.4, -0.2) is 6.61 Å². The summed E-state index contributed by atoms with van der Waals surface area (Å²) in [6.45, 7) is 3.50. The summed E-state index contributed by atoms with van der Waals surface area (Å²) in [4.78, 5) is 19.6. The summed E-state index contributed by atoms with van der Waals surface area (Å²) in [6, 6.07) is 0. The maximum Gasteiger partial charge on any atom is 2.00 e. The van der Waals surface area contributed by atoms with Gasteiger partial charge in [0.15, 0.2) is 0 Å². The van der Waals surface area contributed by atoms with Crippen molar-refractivity contribution in [3.05, 3.63) is 0 Å². The Hall–Kier alpha value is 0.733. The first-order valence-electron chi connectivity index (χ1n) is 2.58. The van der Waals surface area contributed by atoms with Gasteiger partial charge in [0, 0.05) is 0 Å². The van der Waals surface area contributed by atoms with E-state index in [0.29, 0.717) is 0 Å². The fraction of sp³-hybridized carbons (Fsp3) is 1.00. The molecule has 0 N–H and O–H groups in total. The fourth-order valence-corrected chi connectivity index (χ4v) is 0.721. The summed E-state index contributed by atoms with van der Waals surface area (Å²) in [5, 5.41) is 0. The smallest absolute Gasteiger partial charge is 0.790 e. The fourth-order valence-electron chi connectivity index (χ4n) is 0.240. The maximum absolute atomic E-state index is 9.79. The predicted molar refractivity (Wildman–Crippen MR) is 28.4 cm³/mol. The van der Waals surface area contributed by atoms with Gasteiger partial charge in [-0.15, -0.1) is 0 Å². The van der Waals surface area contributed by atoms with E-state index in [9.17, 15) is 14.4 Å². The van der Waals surface area contributed by atoms with E-state index in [1.54, 1.807) is 13.8 Å². The van der Waals surface area contributed by atoms with Crippen LogP contribution in [0.2, 0.25) is 0 Å². The van der Waals surface area contributed by atoms with Crippen molar-refractivity contribution in [2.45, 2.75) is 13.8 Å². The first-order chi connectivity index (χ1) is 3.92. The van der Waals surface area contributed by atoms with Gasteiger partial charge >= 0.3 is 19.5 Å². The molecule has 0 saturated heterocycles. The van der Waals surface area contributed by atoms with Crippen molar-refractivity contribution in [2.75, 3.05) is 6.61 Å². The molecule has 0 unspecified atom stereocenters. The van der Waals surface area contributed by atoms with Gasteiger partial charge in [-0.3, -0.25) is 0 Å². The molecule has 56 valence electrons. The molecule has 0 radical (unpaired) electrons. The Morgan fingerprint density at radius 2 is 1.90 bits per heavy atom. The molecule has 0 fully saturated rings. The molecule has 0 aromatic rings. The summed E-state index contributed by atoms with van der Waals surface area (Å²) in [5.74, 6) is 0.0706. The summed E-state index contributed by atoms with van der Waals surface area (Å²) in [5.41, 5.74) is 0. The Kier molecular flexibility index (Phi) is 7.19. The number of hydrogen-bond donors (Lipinski definition) is 0. The van der Waals surface area contributed by atoms with Crippen LogP contribution in [0.4, 0.5) is 0 Å². The Morgan fingerprint density at radius 3 is 2.00 bits per heavy atom. The van der Waals surface area contributed by atoms with Gasteiger partial charge in [-0.1, -0.05) is 13.8 Å². The molecule has 0 rings (SSSR count). The van der Waals surface area contributed by atoms with Crippen molar-refractivity contribution in [3.63, 3.8) is 0 Å². The minimum atomic E-state index is -4.72. The molecule has 0 amide bonds. The first-order valence-corrected chi connectivity index (χ1v) is 4.04. The molecule has 0 aliphatic heterocycles. The van der Waals surface area contributed by atoms with Crippen LogP contribution in [-0.2, 0) is 28.6 Å². The third kappa shape index (κ3) is 11.5. The third-order valence-electron chi connectivity index (χ3n) is 0.566. The van der Waals surface area contributed by atoms with Crippen molar-refractivity contribution >= 4 is 7.82 Å². The zero-order valence-electron chi connectivity index (χ0n) is 6.07.